The molecule has 4 heteroatoms. The van der Waals surface area contributed by atoms with Crippen LogP contribution in [0.2, 0.25) is 0 Å². The summed E-state index contributed by atoms with van der Waals surface area (Å²) in [5, 5.41) is 3.08. The monoisotopic (exact) mass is 233 g/mol. The van der Waals surface area contributed by atoms with Crippen LogP contribution in [0.1, 0.15) is 19.4 Å². The van der Waals surface area contributed by atoms with Crippen molar-refractivity contribution in [3.8, 4) is 5.75 Å². The van der Waals surface area contributed by atoms with E-state index >= 15 is 0 Å². The highest BCUT2D eigenvalue weighted by Gasteiger charge is 2.07. The predicted octanol–water partition coefficient (Wildman–Crippen LogP) is 2.28. The molecule has 0 fully saturated rings. The predicted molar refractivity (Wildman–Crippen MR) is 70.5 cm³/mol. The first-order chi connectivity index (χ1) is 8.06. The van der Waals surface area contributed by atoms with Gasteiger partial charge in [0.15, 0.2) is 5.82 Å². The van der Waals surface area contributed by atoms with Crippen molar-refractivity contribution in [3.63, 3.8) is 0 Å². The minimum Gasteiger partial charge on any atom is -0.489 e. The maximum atomic E-state index is 5.70. The summed E-state index contributed by atoms with van der Waals surface area (Å²) in [6, 6.07) is 5.90. The second kappa shape index (κ2) is 5.99. The van der Waals surface area contributed by atoms with Gasteiger partial charge in [-0.3, -0.25) is 0 Å². The molecule has 4 nitrogen and oxygen atoms in total. The third-order valence-corrected chi connectivity index (χ3v) is 2.08. The second-order valence-corrected chi connectivity index (χ2v) is 3.99. The molecule has 0 amide bonds. The normalized spacial score (nSPS) is 9.71. The maximum absolute atomic E-state index is 5.70. The molecule has 17 heavy (non-hydrogen) atoms. The molecule has 0 aliphatic heterocycles. The van der Waals surface area contributed by atoms with Crippen molar-refractivity contribution in [2.75, 3.05) is 5.32 Å². The van der Waals surface area contributed by atoms with Crippen molar-refractivity contribution in [1.82, 2.24) is 5.43 Å². The lowest BCUT2D eigenvalue weighted by Crippen LogP contribution is -2.25. The van der Waals surface area contributed by atoms with Crippen LogP contribution in [0, 0.1) is 6.92 Å². The highest BCUT2D eigenvalue weighted by molar-refractivity contribution is 5.60. The van der Waals surface area contributed by atoms with Crippen molar-refractivity contribution in [3.05, 3.63) is 41.9 Å². The molecule has 0 bridgehead atoms. The van der Waals surface area contributed by atoms with Crippen molar-refractivity contribution in [1.29, 1.82) is 0 Å². The molecule has 0 saturated heterocycles. The molecule has 0 radical (unpaired) electrons. The van der Waals surface area contributed by atoms with Crippen LogP contribution in [-0.2, 0) is 0 Å². The van der Waals surface area contributed by atoms with Crippen LogP contribution in [0.4, 0.5) is 5.69 Å². The Morgan fingerprint density at radius 1 is 1.47 bits per heavy atom. The van der Waals surface area contributed by atoms with Crippen LogP contribution in [0.15, 0.2) is 36.3 Å². The maximum Gasteiger partial charge on any atom is 0.162 e. The summed E-state index contributed by atoms with van der Waals surface area (Å²) in [5.41, 5.74) is 7.11. The quantitative estimate of drug-likeness (QED) is 0.415. The third-order valence-electron chi connectivity index (χ3n) is 2.08. The van der Waals surface area contributed by atoms with Gasteiger partial charge in [-0.2, -0.15) is 0 Å². The molecule has 1 aromatic carbocycles. The molecular formula is C13H19N3O. The van der Waals surface area contributed by atoms with E-state index < -0.39 is 0 Å². The van der Waals surface area contributed by atoms with E-state index in [4.69, 9.17) is 10.6 Å². The van der Waals surface area contributed by atoms with E-state index in [0.717, 1.165) is 17.0 Å². The third kappa shape index (κ3) is 3.87. The zero-order chi connectivity index (χ0) is 12.8. The molecule has 0 aliphatic rings. The summed E-state index contributed by atoms with van der Waals surface area (Å²) in [4.78, 5) is 0. The lowest BCUT2D eigenvalue weighted by Gasteiger charge is -2.16. The Bertz CT molecular complexity index is 434. The number of hydrazine groups is 1. The number of benzene rings is 1. The van der Waals surface area contributed by atoms with Gasteiger partial charge in [-0.15, -0.1) is 0 Å². The number of aryl methyl sites for hydroxylation is 1. The fourth-order valence-corrected chi connectivity index (χ4v) is 1.36. The van der Waals surface area contributed by atoms with E-state index in [1.165, 1.54) is 0 Å². The standard InChI is InChI=1S/C13H19N3O/c1-5-13(16-14)15-11-8-10(4)6-7-12(11)17-9(2)3/h6-9,15-16H,1,14H2,2-4H3. The summed E-state index contributed by atoms with van der Waals surface area (Å²) in [5.74, 6) is 6.60. The van der Waals surface area contributed by atoms with Crippen LogP contribution in [0.5, 0.6) is 5.75 Å². The summed E-state index contributed by atoms with van der Waals surface area (Å²) in [6.07, 6.45) is 0.111. The number of hydrogen-bond acceptors (Lipinski definition) is 4. The molecule has 1 rings (SSSR count). The Kier molecular flexibility index (Phi) is 4.64. The average Bonchev–Trinajstić information content (AvgIpc) is 2.28. The van der Waals surface area contributed by atoms with Crippen LogP contribution < -0.4 is 21.3 Å². The van der Waals surface area contributed by atoms with Gasteiger partial charge in [0.1, 0.15) is 5.75 Å². The molecule has 0 unspecified atom stereocenters. The summed E-state index contributed by atoms with van der Waals surface area (Å²) < 4.78 is 5.70. The highest BCUT2D eigenvalue weighted by Crippen LogP contribution is 2.27. The largest absolute Gasteiger partial charge is 0.489 e. The Morgan fingerprint density at radius 3 is 2.71 bits per heavy atom. The Morgan fingerprint density at radius 2 is 2.18 bits per heavy atom. The summed E-state index contributed by atoms with van der Waals surface area (Å²) >= 11 is 0. The van der Waals surface area contributed by atoms with E-state index in [1.54, 1.807) is 0 Å². The molecule has 92 valence electrons. The van der Waals surface area contributed by atoms with E-state index in [2.05, 4.69) is 23.1 Å². The summed E-state index contributed by atoms with van der Waals surface area (Å²) in [7, 11) is 0. The van der Waals surface area contributed by atoms with Gasteiger partial charge >= 0.3 is 0 Å². The molecule has 0 aromatic heterocycles. The molecule has 0 atom stereocenters. The minimum atomic E-state index is 0.111. The van der Waals surface area contributed by atoms with Crippen LogP contribution in [0.25, 0.3) is 0 Å². The zero-order valence-electron chi connectivity index (χ0n) is 10.5. The van der Waals surface area contributed by atoms with Gasteiger partial charge < -0.3 is 15.5 Å². The van der Waals surface area contributed by atoms with Crippen molar-refractivity contribution in [2.24, 2.45) is 5.84 Å². The number of nitrogens with two attached hydrogens (primary N) is 1. The average molecular weight is 233 g/mol. The molecule has 1 aromatic rings. The number of hydrogen-bond donors (Lipinski definition) is 3. The van der Waals surface area contributed by atoms with Crippen molar-refractivity contribution < 1.29 is 4.74 Å². The van der Waals surface area contributed by atoms with Gasteiger partial charge in [0.2, 0.25) is 0 Å². The lowest BCUT2D eigenvalue weighted by molar-refractivity contribution is 0.243. The van der Waals surface area contributed by atoms with E-state index in [1.807, 2.05) is 39.0 Å². The van der Waals surface area contributed by atoms with Gasteiger partial charge in [0.05, 0.1) is 11.8 Å². The van der Waals surface area contributed by atoms with E-state index in [0.29, 0.717) is 5.82 Å². The van der Waals surface area contributed by atoms with Crippen LogP contribution >= 0.6 is 0 Å². The Hall–Kier alpha value is -1.90. The van der Waals surface area contributed by atoms with Crippen molar-refractivity contribution >= 4 is 5.69 Å². The number of rotatable bonds is 5. The Balaban J connectivity index is 3.02. The first-order valence-corrected chi connectivity index (χ1v) is 5.47. The molecule has 4 N–H and O–H groups in total. The van der Waals surface area contributed by atoms with Crippen molar-refractivity contribution in [2.45, 2.75) is 26.9 Å². The molecule has 0 heterocycles. The first kappa shape index (κ1) is 13.2. The van der Waals surface area contributed by atoms with Crippen LogP contribution in [-0.4, -0.2) is 6.10 Å². The molecule has 0 spiro atoms. The highest BCUT2D eigenvalue weighted by atomic mass is 16.5. The topological polar surface area (TPSA) is 59.3 Å². The van der Waals surface area contributed by atoms with Crippen LogP contribution in [0.3, 0.4) is 0 Å². The number of ether oxygens (including phenoxy) is 1. The van der Waals surface area contributed by atoms with Gasteiger partial charge in [-0.05, 0) is 38.5 Å². The molecule has 0 aliphatic carbocycles. The molecule has 0 saturated carbocycles. The molecular weight excluding hydrogens is 214 g/mol. The number of anilines is 1. The van der Waals surface area contributed by atoms with Gasteiger partial charge in [0, 0.05) is 0 Å². The van der Waals surface area contributed by atoms with E-state index in [-0.39, 0.29) is 6.10 Å². The van der Waals surface area contributed by atoms with E-state index in [9.17, 15) is 0 Å². The zero-order valence-corrected chi connectivity index (χ0v) is 10.5. The summed E-state index contributed by atoms with van der Waals surface area (Å²) in [6.45, 7) is 9.51. The van der Waals surface area contributed by atoms with Gasteiger partial charge in [0.25, 0.3) is 0 Å². The van der Waals surface area contributed by atoms with Gasteiger partial charge in [-0.1, -0.05) is 18.4 Å². The van der Waals surface area contributed by atoms with Gasteiger partial charge in [-0.25, -0.2) is 5.84 Å². The smallest absolute Gasteiger partial charge is 0.162 e. The lowest BCUT2D eigenvalue weighted by atomic mass is 10.2. The second-order valence-electron chi connectivity index (χ2n) is 3.99. The minimum absolute atomic E-state index is 0.111. The fourth-order valence-electron chi connectivity index (χ4n) is 1.36. The SMILES string of the molecule is C=C=C(NN)Nc1cc(C)ccc1OC(C)C. The first-order valence-electron chi connectivity index (χ1n) is 5.47. The fraction of sp³-hybridized carbons (Fsp3) is 0.308. The number of nitrogens with one attached hydrogen (secondary N) is 2. The Labute approximate surface area is 102 Å².